The van der Waals surface area contributed by atoms with Gasteiger partial charge in [0.25, 0.3) is 5.91 Å². The smallest absolute Gasteiger partial charge is 0.329 e. The van der Waals surface area contributed by atoms with Gasteiger partial charge in [0.2, 0.25) is 0 Å². The Morgan fingerprint density at radius 3 is 2.54 bits per heavy atom. The normalized spacial score (nSPS) is 12.0. The lowest BCUT2D eigenvalue weighted by atomic mass is 10.0. The zero-order valence-electron chi connectivity index (χ0n) is 16.0. The number of hydrogen-bond donors (Lipinski definition) is 1. The van der Waals surface area contributed by atoms with Crippen LogP contribution < -0.4 is 5.32 Å². The van der Waals surface area contributed by atoms with E-state index in [0.29, 0.717) is 11.3 Å². The highest BCUT2D eigenvalue weighted by Crippen LogP contribution is 2.26. The number of amides is 1. The maximum Gasteiger partial charge on any atom is 0.329 e. The molecule has 2 aromatic heterocycles. The topological polar surface area (TPSA) is 68.3 Å². The third-order valence-corrected chi connectivity index (χ3v) is 5.83. The Balaban J connectivity index is 1.60. The van der Waals surface area contributed by atoms with E-state index >= 15 is 0 Å². The molecule has 5 nitrogen and oxygen atoms in total. The van der Waals surface area contributed by atoms with Crippen LogP contribution in [0.4, 0.5) is 0 Å². The van der Waals surface area contributed by atoms with Gasteiger partial charge in [0.15, 0.2) is 0 Å². The van der Waals surface area contributed by atoms with E-state index in [1.54, 1.807) is 23.5 Å². The number of carbonyl (C=O) groups is 2. The number of nitrogens with one attached hydrogen (secondary N) is 1. The second-order valence-corrected chi connectivity index (χ2v) is 8.46. The molecule has 2 heterocycles. The molecular formula is C21H22N2O3S2. The van der Waals surface area contributed by atoms with Crippen molar-refractivity contribution < 1.29 is 14.3 Å². The number of rotatable bonds is 7. The number of esters is 1. The summed E-state index contributed by atoms with van der Waals surface area (Å²) in [5.41, 5.74) is 3.36. The second-order valence-electron chi connectivity index (χ2n) is 6.82. The number of thiophene rings is 1. The lowest BCUT2D eigenvalue weighted by Crippen LogP contribution is -2.45. The van der Waals surface area contributed by atoms with E-state index in [9.17, 15) is 9.59 Å². The molecule has 3 aromatic rings. The van der Waals surface area contributed by atoms with Gasteiger partial charge < -0.3 is 10.1 Å². The molecule has 146 valence electrons. The second kappa shape index (κ2) is 9.12. The van der Waals surface area contributed by atoms with Crippen molar-refractivity contribution in [3.8, 4) is 10.6 Å². The fourth-order valence-corrected chi connectivity index (χ4v) is 4.07. The molecule has 0 unspecified atom stereocenters. The molecule has 0 radical (unpaired) electrons. The predicted octanol–water partition coefficient (Wildman–Crippen LogP) is 4.68. The minimum Gasteiger partial charge on any atom is -0.458 e. The summed E-state index contributed by atoms with van der Waals surface area (Å²) < 4.78 is 5.43. The van der Waals surface area contributed by atoms with Gasteiger partial charge in [-0.3, -0.25) is 4.79 Å². The highest BCUT2D eigenvalue weighted by molar-refractivity contribution is 7.14. The largest absolute Gasteiger partial charge is 0.458 e. The van der Waals surface area contributed by atoms with E-state index < -0.39 is 12.0 Å². The van der Waals surface area contributed by atoms with Crippen molar-refractivity contribution in [2.75, 3.05) is 0 Å². The summed E-state index contributed by atoms with van der Waals surface area (Å²) in [6.45, 7) is 5.79. The van der Waals surface area contributed by atoms with Crippen LogP contribution in [-0.2, 0) is 16.1 Å². The third kappa shape index (κ3) is 5.05. The summed E-state index contributed by atoms with van der Waals surface area (Å²) in [4.78, 5) is 29.5. The summed E-state index contributed by atoms with van der Waals surface area (Å²) in [5, 5.41) is 9.61. The number of hydrogen-bond acceptors (Lipinski definition) is 6. The summed E-state index contributed by atoms with van der Waals surface area (Å²) in [7, 11) is 0. The van der Waals surface area contributed by atoms with Gasteiger partial charge in [-0.05, 0) is 36.4 Å². The molecule has 0 aliphatic rings. The van der Waals surface area contributed by atoms with Crippen molar-refractivity contribution in [1.29, 1.82) is 0 Å². The molecule has 28 heavy (non-hydrogen) atoms. The maximum atomic E-state index is 12.6. The average molecular weight is 415 g/mol. The monoisotopic (exact) mass is 414 g/mol. The number of ether oxygens (including phenoxy) is 1. The SMILES string of the molecule is Cc1ccc(C(=O)N[C@H](C(=O)OCc2csc(-c3ccsc3)n2)C(C)C)cc1. The zero-order chi connectivity index (χ0) is 20.1. The summed E-state index contributed by atoms with van der Waals surface area (Å²) >= 11 is 3.13. The Kier molecular flexibility index (Phi) is 6.59. The van der Waals surface area contributed by atoms with Crippen molar-refractivity contribution in [3.05, 3.63) is 63.3 Å². The van der Waals surface area contributed by atoms with Crippen molar-refractivity contribution >= 4 is 34.6 Å². The van der Waals surface area contributed by atoms with Crippen LogP contribution in [0.3, 0.4) is 0 Å². The van der Waals surface area contributed by atoms with Gasteiger partial charge in [-0.25, -0.2) is 9.78 Å². The van der Waals surface area contributed by atoms with Gasteiger partial charge in [-0.1, -0.05) is 31.5 Å². The first kappa shape index (κ1) is 20.2. The number of nitrogens with zero attached hydrogens (tertiary/aromatic N) is 1. The van der Waals surface area contributed by atoms with Gasteiger partial charge in [0.1, 0.15) is 17.7 Å². The van der Waals surface area contributed by atoms with Gasteiger partial charge in [0.05, 0.1) is 5.69 Å². The van der Waals surface area contributed by atoms with Crippen molar-refractivity contribution in [1.82, 2.24) is 10.3 Å². The molecule has 0 saturated carbocycles. The molecule has 7 heteroatoms. The highest BCUT2D eigenvalue weighted by atomic mass is 32.1. The standard InChI is InChI=1S/C21H22N2O3S2/c1-13(2)18(23-19(24)15-6-4-14(3)5-7-15)21(25)26-10-17-12-28-20(22-17)16-8-9-27-11-16/h4-9,11-13,18H,10H2,1-3H3,(H,23,24)/t18-/m0/s1. The first-order valence-corrected chi connectivity index (χ1v) is 10.8. The predicted molar refractivity (Wildman–Crippen MR) is 112 cm³/mol. The molecule has 1 atom stereocenters. The Hall–Kier alpha value is -2.51. The van der Waals surface area contributed by atoms with Crippen LogP contribution in [0.5, 0.6) is 0 Å². The van der Waals surface area contributed by atoms with Crippen LogP contribution in [-0.4, -0.2) is 22.9 Å². The van der Waals surface area contributed by atoms with Gasteiger partial charge in [-0.15, -0.1) is 11.3 Å². The zero-order valence-corrected chi connectivity index (χ0v) is 17.6. The molecule has 0 aliphatic carbocycles. The maximum absolute atomic E-state index is 12.6. The summed E-state index contributed by atoms with van der Waals surface area (Å²) in [5.74, 6) is -0.844. The van der Waals surface area contributed by atoms with E-state index in [2.05, 4.69) is 10.3 Å². The van der Waals surface area contributed by atoms with Crippen molar-refractivity contribution in [2.24, 2.45) is 5.92 Å². The quantitative estimate of drug-likeness (QED) is 0.570. The van der Waals surface area contributed by atoms with E-state index in [0.717, 1.165) is 16.1 Å². The van der Waals surface area contributed by atoms with Crippen LogP contribution in [0.15, 0.2) is 46.5 Å². The van der Waals surface area contributed by atoms with E-state index in [4.69, 9.17) is 4.74 Å². The van der Waals surface area contributed by atoms with Crippen LogP contribution >= 0.6 is 22.7 Å². The molecule has 1 aromatic carbocycles. The van der Waals surface area contributed by atoms with Crippen LogP contribution in [0, 0.1) is 12.8 Å². The van der Waals surface area contributed by atoms with Crippen LogP contribution in [0.1, 0.15) is 35.5 Å². The highest BCUT2D eigenvalue weighted by Gasteiger charge is 2.26. The first-order valence-electron chi connectivity index (χ1n) is 8.95. The molecule has 1 N–H and O–H groups in total. The van der Waals surface area contributed by atoms with Gasteiger partial charge in [0, 0.05) is 21.9 Å². The molecule has 0 saturated heterocycles. The van der Waals surface area contributed by atoms with Crippen molar-refractivity contribution in [2.45, 2.75) is 33.4 Å². The fraction of sp³-hybridized carbons (Fsp3) is 0.286. The molecule has 1 amide bonds. The Morgan fingerprint density at radius 1 is 1.14 bits per heavy atom. The van der Waals surface area contributed by atoms with Crippen molar-refractivity contribution in [3.63, 3.8) is 0 Å². The van der Waals surface area contributed by atoms with Gasteiger partial charge >= 0.3 is 5.97 Å². The number of thiazole rings is 1. The Bertz CT molecular complexity index is 931. The van der Waals surface area contributed by atoms with Crippen LogP contribution in [0.2, 0.25) is 0 Å². The van der Waals surface area contributed by atoms with E-state index in [1.807, 2.05) is 55.1 Å². The number of carbonyl (C=O) groups excluding carboxylic acids is 2. The molecular weight excluding hydrogens is 392 g/mol. The Labute approximate surface area is 172 Å². The molecule has 0 bridgehead atoms. The van der Waals surface area contributed by atoms with E-state index in [-0.39, 0.29) is 18.4 Å². The number of aromatic nitrogens is 1. The molecule has 3 rings (SSSR count). The minimum atomic E-state index is -0.719. The summed E-state index contributed by atoms with van der Waals surface area (Å²) in [6, 6.07) is 8.51. The third-order valence-electron chi connectivity index (χ3n) is 4.20. The Morgan fingerprint density at radius 2 is 1.89 bits per heavy atom. The number of benzene rings is 1. The fourth-order valence-electron chi connectivity index (χ4n) is 2.55. The lowest BCUT2D eigenvalue weighted by molar-refractivity contribution is -0.148. The summed E-state index contributed by atoms with van der Waals surface area (Å²) in [6.07, 6.45) is 0. The minimum absolute atomic E-state index is 0.0864. The molecule has 0 spiro atoms. The lowest BCUT2D eigenvalue weighted by Gasteiger charge is -2.20. The molecule has 0 aliphatic heterocycles. The number of aryl methyl sites for hydroxylation is 1. The van der Waals surface area contributed by atoms with Gasteiger partial charge in [-0.2, -0.15) is 11.3 Å². The average Bonchev–Trinajstić information content (AvgIpc) is 3.35. The molecule has 0 fully saturated rings. The van der Waals surface area contributed by atoms with E-state index in [1.165, 1.54) is 11.3 Å². The first-order chi connectivity index (χ1) is 13.4. The van der Waals surface area contributed by atoms with Crippen LogP contribution in [0.25, 0.3) is 10.6 Å².